The number of para-hydroxylation sites is 2. The lowest BCUT2D eigenvalue weighted by Crippen LogP contribution is -2.49. The van der Waals surface area contributed by atoms with Crippen molar-refractivity contribution in [3.63, 3.8) is 0 Å². The van der Waals surface area contributed by atoms with Crippen LogP contribution >= 0.6 is 0 Å². The Labute approximate surface area is 227 Å². The molecule has 2 aliphatic heterocycles. The molecule has 4 heterocycles. The molecule has 2 fully saturated rings. The van der Waals surface area contributed by atoms with Crippen LogP contribution in [-0.2, 0) is 11.3 Å². The minimum Gasteiger partial charge on any atom is -0.495 e. The molecule has 0 bridgehead atoms. The van der Waals surface area contributed by atoms with E-state index in [-0.39, 0.29) is 11.7 Å². The summed E-state index contributed by atoms with van der Waals surface area (Å²) < 4.78 is 13.3. The van der Waals surface area contributed by atoms with E-state index < -0.39 is 6.04 Å². The second kappa shape index (κ2) is 10.8. The first kappa shape index (κ1) is 25.5. The van der Waals surface area contributed by atoms with E-state index in [4.69, 9.17) is 9.47 Å². The average Bonchev–Trinajstić information content (AvgIpc) is 3.65. The number of methoxy groups -OCH3 is 1. The molecule has 0 amide bonds. The lowest BCUT2D eigenvalue weighted by molar-refractivity contribution is 0.0906. The molecule has 4 aromatic rings. The van der Waals surface area contributed by atoms with Crippen LogP contribution in [0.15, 0.2) is 47.3 Å². The molecule has 10 heteroatoms. The van der Waals surface area contributed by atoms with Crippen molar-refractivity contribution in [3.05, 3.63) is 75.3 Å². The van der Waals surface area contributed by atoms with Crippen molar-refractivity contribution >= 4 is 16.6 Å². The van der Waals surface area contributed by atoms with Gasteiger partial charge in [0.2, 0.25) is 0 Å². The third kappa shape index (κ3) is 4.90. The van der Waals surface area contributed by atoms with Gasteiger partial charge in [0, 0.05) is 38.3 Å². The fourth-order valence-electron chi connectivity index (χ4n) is 5.87. The van der Waals surface area contributed by atoms with Gasteiger partial charge in [-0.2, -0.15) is 0 Å². The molecule has 6 rings (SSSR count). The van der Waals surface area contributed by atoms with Crippen LogP contribution in [0.25, 0.3) is 10.9 Å². The Kier molecular flexibility index (Phi) is 7.05. The monoisotopic (exact) mass is 529 g/mol. The van der Waals surface area contributed by atoms with Crippen molar-refractivity contribution in [1.29, 1.82) is 0 Å². The molecule has 1 N–H and O–H groups in total. The Morgan fingerprint density at radius 1 is 1.13 bits per heavy atom. The van der Waals surface area contributed by atoms with Crippen molar-refractivity contribution in [1.82, 2.24) is 30.1 Å². The summed E-state index contributed by atoms with van der Waals surface area (Å²) in [6, 6.07) is 13.9. The van der Waals surface area contributed by atoms with E-state index >= 15 is 0 Å². The Hall–Kier alpha value is -3.76. The van der Waals surface area contributed by atoms with E-state index in [1.54, 1.807) is 7.11 Å². The zero-order valence-corrected chi connectivity index (χ0v) is 22.8. The number of fused-ring (bicyclic) bond motifs is 1. The summed E-state index contributed by atoms with van der Waals surface area (Å²) in [6.07, 6.45) is 2.10. The summed E-state index contributed by atoms with van der Waals surface area (Å²) in [4.78, 5) is 21.5. The highest BCUT2D eigenvalue weighted by Crippen LogP contribution is 2.32. The van der Waals surface area contributed by atoms with Gasteiger partial charge in [-0.3, -0.25) is 9.69 Å². The van der Waals surface area contributed by atoms with Gasteiger partial charge in [-0.25, -0.2) is 4.68 Å². The van der Waals surface area contributed by atoms with Gasteiger partial charge in [-0.1, -0.05) is 24.3 Å². The Morgan fingerprint density at radius 2 is 1.95 bits per heavy atom. The van der Waals surface area contributed by atoms with Crippen LogP contribution in [0, 0.1) is 13.8 Å². The Bertz CT molecular complexity index is 1520. The molecule has 39 heavy (non-hydrogen) atoms. The van der Waals surface area contributed by atoms with E-state index in [1.165, 1.54) is 0 Å². The van der Waals surface area contributed by atoms with E-state index in [1.807, 2.05) is 35.9 Å². The highest BCUT2D eigenvalue weighted by atomic mass is 16.5. The summed E-state index contributed by atoms with van der Waals surface area (Å²) in [6.45, 7) is 8.49. The SMILES string of the molecule is COc1ccccc1N1CCN(C(c2cc3ccc(C)c(C)c3[nH]c2=O)c2nnnn2CC2CCCO2)CC1. The highest BCUT2D eigenvalue weighted by Gasteiger charge is 2.34. The Morgan fingerprint density at radius 3 is 2.72 bits per heavy atom. The second-order valence-corrected chi connectivity index (χ2v) is 10.5. The predicted octanol–water partition coefficient (Wildman–Crippen LogP) is 3.23. The maximum atomic E-state index is 13.7. The van der Waals surface area contributed by atoms with E-state index in [9.17, 15) is 4.79 Å². The van der Waals surface area contributed by atoms with Crippen LogP contribution < -0.4 is 15.2 Å². The van der Waals surface area contributed by atoms with Crippen molar-refractivity contribution in [2.24, 2.45) is 0 Å². The molecule has 2 aromatic carbocycles. The normalized spacial score (nSPS) is 19.1. The van der Waals surface area contributed by atoms with Crippen LogP contribution in [0.4, 0.5) is 5.69 Å². The number of aromatic amines is 1. The molecular formula is C29H35N7O3. The molecular weight excluding hydrogens is 494 g/mol. The van der Waals surface area contributed by atoms with Crippen molar-refractivity contribution < 1.29 is 9.47 Å². The van der Waals surface area contributed by atoms with Crippen molar-refractivity contribution in [2.75, 3.05) is 44.8 Å². The van der Waals surface area contributed by atoms with Gasteiger partial charge in [-0.05, 0) is 71.8 Å². The maximum Gasteiger partial charge on any atom is 0.253 e. The number of nitrogens with zero attached hydrogens (tertiary/aromatic N) is 6. The topological polar surface area (TPSA) is 101 Å². The second-order valence-electron chi connectivity index (χ2n) is 10.5. The first-order valence-electron chi connectivity index (χ1n) is 13.7. The van der Waals surface area contributed by atoms with Gasteiger partial charge in [0.15, 0.2) is 5.82 Å². The molecule has 2 aliphatic rings. The van der Waals surface area contributed by atoms with Gasteiger partial charge in [0.1, 0.15) is 11.8 Å². The summed E-state index contributed by atoms with van der Waals surface area (Å²) in [5, 5.41) is 13.9. The number of aromatic nitrogens is 5. The number of rotatable bonds is 7. The number of ether oxygens (including phenoxy) is 2. The molecule has 10 nitrogen and oxygen atoms in total. The lowest BCUT2D eigenvalue weighted by atomic mass is 9.99. The number of pyridine rings is 1. The van der Waals surface area contributed by atoms with Gasteiger partial charge in [0.05, 0.1) is 31.0 Å². The number of H-pyrrole nitrogens is 1. The number of piperazine rings is 1. The molecule has 2 saturated heterocycles. The molecule has 2 unspecified atom stereocenters. The Balaban J connectivity index is 1.37. The minimum absolute atomic E-state index is 0.0794. The number of nitrogens with one attached hydrogen (secondary N) is 1. The third-order valence-electron chi connectivity index (χ3n) is 8.18. The molecule has 0 aliphatic carbocycles. The van der Waals surface area contributed by atoms with Gasteiger partial charge in [-0.15, -0.1) is 5.10 Å². The average molecular weight is 530 g/mol. The van der Waals surface area contributed by atoms with Gasteiger partial charge < -0.3 is 19.4 Å². The third-order valence-corrected chi connectivity index (χ3v) is 8.18. The number of hydrogen-bond acceptors (Lipinski definition) is 8. The first-order chi connectivity index (χ1) is 19.0. The predicted molar refractivity (Wildman–Crippen MR) is 149 cm³/mol. The molecule has 0 saturated carbocycles. The van der Waals surface area contributed by atoms with E-state index in [0.717, 1.165) is 79.1 Å². The smallest absolute Gasteiger partial charge is 0.253 e. The van der Waals surface area contributed by atoms with Crippen LogP contribution in [0.1, 0.15) is 41.4 Å². The zero-order valence-electron chi connectivity index (χ0n) is 22.8. The fourth-order valence-corrected chi connectivity index (χ4v) is 5.87. The van der Waals surface area contributed by atoms with Crippen LogP contribution in [0.3, 0.4) is 0 Å². The van der Waals surface area contributed by atoms with Crippen molar-refractivity contribution in [3.8, 4) is 5.75 Å². The molecule has 2 aromatic heterocycles. The van der Waals surface area contributed by atoms with Crippen LogP contribution in [0.2, 0.25) is 0 Å². The number of hydrogen-bond donors (Lipinski definition) is 1. The number of anilines is 1. The van der Waals surface area contributed by atoms with E-state index in [0.29, 0.717) is 17.9 Å². The summed E-state index contributed by atoms with van der Waals surface area (Å²) in [7, 11) is 1.70. The lowest BCUT2D eigenvalue weighted by Gasteiger charge is -2.40. The first-order valence-corrected chi connectivity index (χ1v) is 13.7. The van der Waals surface area contributed by atoms with E-state index in [2.05, 4.69) is 55.4 Å². The number of benzene rings is 2. The van der Waals surface area contributed by atoms with Gasteiger partial charge >= 0.3 is 0 Å². The standard InChI is InChI=1S/C29H35N7O3/c1-19-10-11-21-17-23(29(37)30-26(21)20(19)2)27(28-31-32-33-36(28)18-22-7-6-16-39-22)35-14-12-34(13-15-35)24-8-4-5-9-25(24)38-3/h4-5,8-11,17,22,27H,6-7,12-16,18H2,1-3H3,(H,30,37). The van der Waals surface area contributed by atoms with Gasteiger partial charge in [0.25, 0.3) is 5.56 Å². The largest absolute Gasteiger partial charge is 0.495 e. The number of aryl methyl sites for hydroxylation is 2. The van der Waals surface area contributed by atoms with Crippen LogP contribution in [0.5, 0.6) is 5.75 Å². The molecule has 2 atom stereocenters. The maximum absolute atomic E-state index is 13.7. The molecule has 204 valence electrons. The quantitative estimate of drug-likeness (QED) is 0.390. The zero-order chi connectivity index (χ0) is 26.9. The number of tetrazole rings is 1. The minimum atomic E-state index is -0.393. The summed E-state index contributed by atoms with van der Waals surface area (Å²) in [5.41, 5.74) is 4.73. The summed E-state index contributed by atoms with van der Waals surface area (Å²) in [5.74, 6) is 1.53. The summed E-state index contributed by atoms with van der Waals surface area (Å²) >= 11 is 0. The fraction of sp³-hybridized carbons (Fsp3) is 0.448. The highest BCUT2D eigenvalue weighted by molar-refractivity contribution is 5.83. The molecule has 0 spiro atoms. The van der Waals surface area contributed by atoms with Crippen LogP contribution in [-0.4, -0.2) is 76.1 Å². The van der Waals surface area contributed by atoms with Crippen molar-refractivity contribution in [2.45, 2.75) is 45.4 Å². The molecule has 0 radical (unpaired) electrons.